The molecule has 1 aliphatic rings. The Bertz CT molecular complexity index is 631. The number of fused-ring (bicyclic) bond motifs is 1. The van der Waals surface area contributed by atoms with E-state index in [1.807, 2.05) is 24.3 Å². The minimum Gasteiger partial charge on any atom is -0.453 e. The number of hydrogen-bond donors (Lipinski definition) is 1. The molecule has 20 heavy (non-hydrogen) atoms. The number of carbonyl (C=O) groups excluding carboxylic acids is 1. The van der Waals surface area contributed by atoms with E-state index in [-0.39, 0.29) is 12.1 Å². The Balaban J connectivity index is 1.69. The molecule has 1 amide bonds. The lowest BCUT2D eigenvalue weighted by molar-refractivity contribution is 0.133. The minimum absolute atomic E-state index is 0.185. The summed E-state index contributed by atoms with van der Waals surface area (Å²) in [5.41, 5.74) is 1.74. The van der Waals surface area contributed by atoms with E-state index >= 15 is 0 Å². The van der Waals surface area contributed by atoms with E-state index in [1.54, 1.807) is 11.1 Å². The number of hydrogen-bond acceptors (Lipinski definition) is 5. The van der Waals surface area contributed by atoms with Gasteiger partial charge in [0.05, 0.1) is 24.3 Å². The fourth-order valence-electron chi connectivity index (χ4n) is 2.41. The normalized spacial score (nSPS) is 18.2. The summed E-state index contributed by atoms with van der Waals surface area (Å²) in [7, 11) is 1.40. The second-order valence-electron chi connectivity index (χ2n) is 4.79. The highest BCUT2D eigenvalue weighted by Gasteiger charge is 2.26. The van der Waals surface area contributed by atoms with Crippen molar-refractivity contribution in [1.82, 2.24) is 14.9 Å². The van der Waals surface area contributed by atoms with Crippen LogP contribution in [0, 0.1) is 0 Å². The molecule has 0 radical (unpaired) electrons. The lowest BCUT2D eigenvalue weighted by atomic mass is 10.2. The third-order valence-corrected chi connectivity index (χ3v) is 3.42. The van der Waals surface area contributed by atoms with E-state index in [2.05, 4.69) is 15.3 Å². The Labute approximate surface area is 116 Å². The number of nitrogens with zero attached hydrogens (tertiary/aromatic N) is 3. The molecule has 1 aromatic heterocycles. The smallest absolute Gasteiger partial charge is 0.409 e. The molecule has 0 bridgehead atoms. The Morgan fingerprint density at radius 2 is 2.20 bits per heavy atom. The minimum atomic E-state index is -0.279. The SMILES string of the molecule is COC(=O)N1CC[C@@H](Nc2cnc3ccccc3n2)C1. The number of methoxy groups -OCH3 is 1. The van der Waals surface area contributed by atoms with E-state index in [0.717, 1.165) is 23.3 Å². The number of aromatic nitrogens is 2. The Kier molecular flexibility index (Phi) is 3.37. The first-order chi connectivity index (χ1) is 9.76. The first-order valence-electron chi connectivity index (χ1n) is 6.57. The molecule has 1 aliphatic heterocycles. The maximum Gasteiger partial charge on any atom is 0.409 e. The molecule has 1 N–H and O–H groups in total. The summed E-state index contributed by atoms with van der Waals surface area (Å²) in [5.74, 6) is 0.736. The number of benzene rings is 1. The maximum atomic E-state index is 11.4. The highest BCUT2D eigenvalue weighted by atomic mass is 16.5. The first-order valence-corrected chi connectivity index (χ1v) is 6.57. The number of nitrogens with one attached hydrogen (secondary N) is 1. The lowest BCUT2D eigenvalue weighted by Crippen LogP contribution is -2.31. The van der Waals surface area contributed by atoms with Crippen molar-refractivity contribution in [3.05, 3.63) is 30.5 Å². The monoisotopic (exact) mass is 272 g/mol. The van der Waals surface area contributed by atoms with Crippen LogP contribution < -0.4 is 5.32 Å². The van der Waals surface area contributed by atoms with Crippen molar-refractivity contribution in [3.8, 4) is 0 Å². The van der Waals surface area contributed by atoms with Gasteiger partial charge in [0.2, 0.25) is 0 Å². The highest BCUT2D eigenvalue weighted by molar-refractivity contribution is 5.75. The summed E-state index contributed by atoms with van der Waals surface area (Å²) in [6.45, 7) is 1.33. The number of para-hydroxylation sites is 2. The molecular weight excluding hydrogens is 256 g/mol. The van der Waals surface area contributed by atoms with Gasteiger partial charge >= 0.3 is 6.09 Å². The molecule has 0 aliphatic carbocycles. The van der Waals surface area contributed by atoms with E-state index in [1.165, 1.54) is 7.11 Å². The summed E-state index contributed by atoms with van der Waals surface area (Å²) in [4.78, 5) is 22.0. The zero-order valence-corrected chi connectivity index (χ0v) is 11.2. The predicted molar refractivity (Wildman–Crippen MR) is 75.5 cm³/mol. The first kappa shape index (κ1) is 12.7. The average molecular weight is 272 g/mol. The molecule has 0 unspecified atom stereocenters. The van der Waals surface area contributed by atoms with Crippen molar-refractivity contribution in [1.29, 1.82) is 0 Å². The average Bonchev–Trinajstić information content (AvgIpc) is 2.95. The molecule has 1 atom stereocenters. The molecule has 0 spiro atoms. The Morgan fingerprint density at radius 3 is 3.00 bits per heavy atom. The lowest BCUT2D eigenvalue weighted by Gasteiger charge is -2.15. The third kappa shape index (κ3) is 2.49. The van der Waals surface area contributed by atoms with E-state index < -0.39 is 0 Å². The van der Waals surface area contributed by atoms with E-state index in [9.17, 15) is 4.79 Å². The van der Waals surface area contributed by atoms with Gasteiger partial charge in [0.1, 0.15) is 5.82 Å². The number of likely N-dealkylation sites (tertiary alicyclic amines) is 1. The van der Waals surface area contributed by atoms with Gasteiger partial charge in [0, 0.05) is 19.1 Å². The van der Waals surface area contributed by atoms with Gasteiger partial charge in [0.25, 0.3) is 0 Å². The summed E-state index contributed by atoms with van der Waals surface area (Å²) < 4.78 is 4.72. The molecule has 2 heterocycles. The standard InChI is InChI=1S/C14H16N4O2/c1-20-14(19)18-7-6-10(9-18)16-13-8-15-11-4-2-3-5-12(11)17-13/h2-5,8,10H,6-7,9H2,1H3,(H,16,17)/t10-/m1/s1. The second-order valence-corrected chi connectivity index (χ2v) is 4.79. The van der Waals surface area contributed by atoms with Crippen LogP contribution >= 0.6 is 0 Å². The van der Waals surface area contributed by atoms with Crippen molar-refractivity contribution < 1.29 is 9.53 Å². The Morgan fingerprint density at radius 1 is 1.40 bits per heavy atom. The van der Waals surface area contributed by atoms with Crippen LogP contribution in [0.3, 0.4) is 0 Å². The number of amides is 1. The second kappa shape index (κ2) is 5.32. The predicted octanol–water partition coefficient (Wildman–Crippen LogP) is 1.88. The van der Waals surface area contributed by atoms with Gasteiger partial charge in [-0.15, -0.1) is 0 Å². The number of rotatable bonds is 2. The Hall–Kier alpha value is -2.37. The maximum absolute atomic E-state index is 11.4. The number of anilines is 1. The van der Waals surface area contributed by atoms with Gasteiger partial charge in [-0.2, -0.15) is 0 Å². The van der Waals surface area contributed by atoms with Gasteiger partial charge in [-0.1, -0.05) is 12.1 Å². The van der Waals surface area contributed by atoms with Gasteiger partial charge in [-0.05, 0) is 18.6 Å². The molecule has 2 aromatic rings. The molecule has 1 aromatic carbocycles. The summed E-state index contributed by atoms with van der Waals surface area (Å²) in [5, 5.41) is 3.32. The topological polar surface area (TPSA) is 67.3 Å². The van der Waals surface area contributed by atoms with Crippen LogP contribution in [0.1, 0.15) is 6.42 Å². The number of carbonyl (C=O) groups is 1. The summed E-state index contributed by atoms with van der Waals surface area (Å²) >= 11 is 0. The zero-order chi connectivity index (χ0) is 13.9. The van der Waals surface area contributed by atoms with Crippen LogP contribution in [-0.2, 0) is 4.74 Å². The fourth-order valence-corrected chi connectivity index (χ4v) is 2.41. The van der Waals surface area contributed by atoms with Crippen LogP contribution in [0.4, 0.5) is 10.6 Å². The zero-order valence-electron chi connectivity index (χ0n) is 11.2. The van der Waals surface area contributed by atoms with Crippen LogP contribution in [0.2, 0.25) is 0 Å². The van der Waals surface area contributed by atoms with Gasteiger partial charge in [-0.25, -0.2) is 9.78 Å². The van der Waals surface area contributed by atoms with Gasteiger partial charge in [-0.3, -0.25) is 4.98 Å². The summed E-state index contributed by atoms with van der Waals surface area (Å²) in [6, 6.07) is 7.93. The van der Waals surface area contributed by atoms with Crippen molar-refractivity contribution >= 4 is 22.9 Å². The van der Waals surface area contributed by atoms with Gasteiger partial charge in [0.15, 0.2) is 0 Å². The molecule has 6 heteroatoms. The van der Waals surface area contributed by atoms with Crippen molar-refractivity contribution in [2.75, 3.05) is 25.5 Å². The van der Waals surface area contributed by atoms with E-state index in [4.69, 9.17) is 4.74 Å². The van der Waals surface area contributed by atoms with Crippen LogP contribution in [0.5, 0.6) is 0 Å². The summed E-state index contributed by atoms with van der Waals surface area (Å²) in [6.07, 6.45) is 2.33. The number of ether oxygens (including phenoxy) is 1. The highest BCUT2D eigenvalue weighted by Crippen LogP contribution is 2.16. The van der Waals surface area contributed by atoms with Gasteiger partial charge < -0.3 is 15.0 Å². The van der Waals surface area contributed by atoms with Crippen molar-refractivity contribution in [3.63, 3.8) is 0 Å². The van der Waals surface area contributed by atoms with E-state index in [0.29, 0.717) is 13.1 Å². The quantitative estimate of drug-likeness (QED) is 0.904. The largest absolute Gasteiger partial charge is 0.453 e. The van der Waals surface area contributed by atoms with Crippen molar-refractivity contribution in [2.24, 2.45) is 0 Å². The molecular formula is C14H16N4O2. The molecule has 104 valence electrons. The molecule has 3 rings (SSSR count). The van der Waals surface area contributed by atoms with Crippen molar-refractivity contribution in [2.45, 2.75) is 12.5 Å². The van der Waals surface area contributed by atoms with Crippen LogP contribution in [0.25, 0.3) is 11.0 Å². The third-order valence-electron chi connectivity index (χ3n) is 3.42. The fraction of sp³-hybridized carbons (Fsp3) is 0.357. The molecule has 6 nitrogen and oxygen atoms in total. The molecule has 1 saturated heterocycles. The van der Waals surface area contributed by atoms with Crippen LogP contribution in [-0.4, -0.2) is 47.2 Å². The van der Waals surface area contributed by atoms with Crippen LogP contribution in [0.15, 0.2) is 30.5 Å². The molecule has 0 saturated carbocycles. The molecule has 1 fully saturated rings.